The molecule has 0 spiro atoms. The Kier molecular flexibility index (Phi) is 4.01. The van der Waals surface area contributed by atoms with E-state index in [1.165, 1.54) is 4.31 Å². The molecule has 1 aliphatic rings. The van der Waals surface area contributed by atoms with Crippen molar-refractivity contribution in [2.75, 3.05) is 26.3 Å². The second-order valence-electron chi connectivity index (χ2n) is 4.78. The molecule has 0 atom stereocenters. The molecule has 6 heteroatoms. The maximum Gasteiger partial charge on any atom is 0.243 e. The highest BCUT2D eigenvalue weighted by Gasteiger charge is 2.26. The van der Waals surface area contributed by atoms with E-state index >= 15 is 0 Å². The Bertz CT molecular complexity index is 693. The fourth-order valence-corrected chi connectivity index (χ4v) is 3.71. The van der Waals surface area contributed by atoms with E-state index in [0.29, 0.717) is 31.2 Å². The van der Waals surface area contributed by atoms with Crippen molar-refractivity contribution in [2.24, 2.45) is 0 Å². The third kappa shape index (κ3) is 2.97. The van der Waals surface area contributed by atoms with Crippen LogP contribution in [0.3, 0.4) is 0 Å². The van der Waals surface area contributed by atoms with E-state index in [4.69, 9.17) is 4.74 Å². The van der Waals surface area contributed by atoms with Crippen LogP contribution >= 0.6 is 0 Å². The minimum atomic E-state index is -3.42. The minimum Gasteiger partial charge on any atom is -0.379 e. The standard InChI is InChI=1S/C15H16N2O3S/c18-21(19,17-9-11-20-12-10-17)15-3-1-13(2-4-15)14-5-7-16-8-6-14/h1-8H,9-12H2. The van der Waals surface area contributed by atoms with E-state index in [-0.39, 0.29) is 0 Å². The number of aromatic nitrogens is 1. The first-order valence-electron chi connectivity index (χ1n) is 6.76. The summed E-state index contributed by atoms with van der Waals surface area (Å²) in [4.78, 5) is 4.30. The maximum atomic E-state index is 12.5. The first-order valence-corrected chi connectivity index (χ1v) is 8.20. The quantitative estimate of drug-likeness (QED) is 0.867. The van der Waals surface area contributed by atoms with Gasteiger partial charge in [-0.15, -0.1) is 0 Å². The topological polar surface area (TPSA) is 59.5 Å². The van der Waals surface area contributed by atoms with Crippen molar-refractivity contribution in [3.63, 3.8) is 0 Å². The summed E-state index contributed by atoms with van der Waals surface area (Å²) >= 11 is 0. The van der Waals surface area contributed by atoms with Gasteiger partial charge < -0.3 is 4.74 Å². The van der Waals surface area contributed by atoms with Gasteiger partial charge in [0, 0.05) is 25.5 Å². The second kappa shape index (κ2) is 5.93. The van der Waals surface area contributed by atoms with Gasteiger partial charge in [0.25, 0.3) is 0 Å². The molecule has 2 heterocycles. The van der Waals surface area contributed by atoms with Gasteiger partial charge in [-0.3, -0.25) is 4.98 Å². The van der Waals surface area contributed by atoms with E-state index in [1.54, 1.807) is 24.5 Å². The summed E-state index contributed by atoms with van der Waals surface area (Å²) in [6.45, 7) is 1.73. The van der Waals surface area contributed by atoms with E-state index < -0.39 is 10.0 Å². The summed E-state index contributed by atoms with van der Waals surface area (Å²) in [5.74, 6) is 0. The largest absolute Gasteiger partial charge is 0.379 e. The minimum absolute atomic E-state index is 0.321. The van der Waals surface area contributed by atoms with Crippen molar-refractivity contribution in [2.45, 2.75) is 4.90 Å². The maximum absolute atomic E-state index is 12.5. The molecule has 1 saturated heterocycles. The Morgan fingerprint density at radius 2 is 1.48 bits per heavy atom. The number of benzene rings is 1. The first-order chi connectivity index (χ1) is 10.2. The lowest BCUT2D eigenvalue weighted by Crippen LogP contribution is -2.40. The molecule has 0 aliphatic carbocycles. The summed E-state index contributed by atoms with van der Waals surface area (Å²) in [6, 6.07) is 10.7. The van der Waals surface area contributed by atoms with Gasteiger partial charge in [0.2, 0.25) is 10.0 Å². The number of sulfonamides is 1. The molecular formula is C15H16N2O3S. The molecule has 1 fully saturated rings. The summed E-state index contributed by atoms with van der Waals surface area (Å²) in [5.41, 5.74) is 1.98. The Morgan fingerprint density at radius 1 is 0.905 bits per heavy atom. The van der Waals surface area contributed by atoms with Gasteiger partial charge in [-0.2, -0.15) is 4.31 Å². The van der Waals surface area contributed by atoms with Crippen LogP contribution in [0.1, 0.15) is 0 Å². The van der Waals surface area contributed by atoms with Crippen LogP contribution in [0.25, 0.3) is 11.1 Å². The zero-order valence-corrected chi connectivity index (χ0v) is 12.3. The predicted octanol–water partition coefficient (Wildman–Crippen LogP) is 1.77. The predicted molar refractivity (Wildman–Crippen MR) is 79.3 cm³/mol. The van der Waals surface area contributed by atoms with Crippen LogP contribution in [-0.4, -0.2) is 44.0 Å². The number of hydrogen-bond donors (Lipinski definition) is 0. The molecule has 2 aromatic rings. The van der Waals surface area contributed by atoms with Crippen molar-refractivity contribution in [3.8, 4) is 11.1 Å². The average molecular weight is 304 g/mol. The van der Waals surface area contributed by atoms with E-state index in [2.05, 4.69) is 4.98 Å². The molecule has 5 nitrogen and oxygen atoms in total. The van der Waals surface area contributed by atoms with E-state index in [0.717, 1.165) is 11.1 Å². The van der Waals surface area contributed by atoms with Gasteiger partial charge >= 0.3 is 0 Å². The van der Waals surface area contributed by atoms with Crippen LogP contribution in [0.2, 0.25) is 0 Å². The molecule has 110 valence electrons. The summed E-state index contributed by atoms with van der Waals surface area (Å²) in [5, 5.41) is 0. The number of ether oxygens (including phenoxy) is 1. The lowest BCUT2D eigenvalue weighted by Gasteiger charge is -2.26. The van der Waals surface area contributed by atoms with Crippen LogP contribution in [-0.2, 0) is 14.8 Å². The number of nitrogens with zero attached hydrogens (tertiary/aromatic N) is 2. The molecule has 1 aromatic heterocycles. The van der Waals surface area contributed by atoms with Crippen molar-refractivity contribution in [1.82, 2.24) is 9.29 Å². The smallest absolute Gasteiger partial charge is 0.243 e. The monoisotopic (exact) mass is 304 g/mol. The highest BCUT2D eigenvalue weighted by atomic mass is 32.2. The third-order valence-electron chi connectivity index (χ3n) is 3.48. The van der Waals surface area contributed by atoms with E-state index in [9.17, 15) is 8.42 Å². The highest BCUT2D eigenvalue weighted by Crippen LogP contribution is 2.22. The summed E-state index contributed by atoms with van der Waals surface area (Å²) in [6.07, 6.45) is 3.43. The Morgan fingerprint density at radius 3 is 2.10 bits per heavy atom. The number of hydrogen-bond acceptors (Lipinski definition) is 4. The zero-order chi connectivity index (χ0) is 14.7. The van der Waals surface area contributed by atoms with Gasteiger partial charge in [-0.1, -0.05) is 12.1 Å². The fourth-order valence-electron chi connectivity index (χ4n) is 2.30. The van der Waals surface area contributed by atoms with Gasteiger partial charge in [0.05, 0.1) is 18.1 Å². The normalized spacial score (nSPS) is 16.8. The molecule has 0 N–H and O–H groups in total. The average Bonchev–Trinajstić information content (AvgIpc) is 2.57. The molecule has 1 aromatic carbocycles. The van der Waals surface area contributed by atoms with Crippen LogP contribution < -0.4 is 0 Å². The zero-order valence-electron chi connectivity index (χ0n) is 11.5. The molecule has 0 unspecified atom stereocenters. The van der Waals surface area contributed by atoms with Crippen molar-refractivity contribution >= 4 is 10.0 Å². The molecule has 0 bridgehead atoms. The second-order valence-corrected chi connectivity index (χ2v) is 6.71. The van der Waals surface area contributed by atoms with Crippen molar-refractivity contribution < 1.29 is 13.2 Å². The van der Waals surface area contributed by atoms with Crippen molar-refractivity contribution in [1.29, 1.82) is 0 Å². The summed E-state index contributed by atoms with van der Waals surface area (Å²) in [7, 11) is -3.42. The fraction of sp³-hybridized carbons (Fsp3) is 0.267. The molecule has 1 aliphatic heterocycles. The van der Waals surface area contributed by atoms with Gasteiger partial charge in [0.15, 0.2) is 0 Å². The van der Waals surface area contributed by atoms with Crippen molar-refractivity contribution in [3.05, 3.63) is 48.8 Å². The van der Waals surface area contributed by atoms with Gasteiger partial charge in [-0.05, 0) is 35.4 Å². The number of rotatable bonds is 3. The molecule has 21 heavy (non-hydrogen) atoms. The lowest BCUT2D eigenvalue weighted by molar-refractivity contribution is 0.0730. The lowest BCUT2D eigenvalue weighted by atomic mass is 10.1. The molecule has 0 amide bonds. The number of morpholine rings is 1. The van der Waals surface area contributed by atoms with Crippen LogP contribution in [0.4, 0.5) is 0 Å². The van der Waals surface area contributed by atoms with Crippen LogP contribution in [0, 0.1) is 0 Å². The highest BCUT2D eigenvalue weighted by molar-refractivity contribution is 7.89. The molecular weight excluding hydrogens is 288 g/mol. The van der Waals surface area contributed by atoms with E-state index in [1.807, 2.05) is 24.3 Å². The van der Waals surface area contributed by atoms with Crippen LogP contribution in [0.15, 0.2) is 53.7 Å². The third-order valence-corrected chi connectivity index (χ3v) is 5.39. The molecule has 3 rings (SSSR count). The molecule has 0 saturated carbocycles. The Balaban J connectivity index is 1.87. The SMILES string of the molecule is O=S(=O)(c1ccc(-c2ccncc2)cc1)N1CCOCC1. The van der Waals surface area contributed by atoms with Gasteiger partial charge in [0.1, 0.15) is 0 Å². The number of pyridine rings is 1. The van der Waals surface area contributed by atoms with Gasteiger partial charge in [-0.25, -0.2) is 8.42 Å². The summed E-state index contributed by atoms with van der Waals surface area (Å²) < 4.78 is 31.7. The Labute approximate surface area is 124 Å². The van der Waals surface area contributed by atoms with Crippen LogP contribution in [0.5, 0.6) is 0 Å². The first kappa shape index (κ1) is 14.2. The molecule has 0 radical (unpaired) electrons. The Hall–Kier alpha value is -1.76.